The number of rotatable bonds is 5. The summed E-state index contributed by atoms with van der Waals surface area (Å²) in [4.78, 5) is 13.8. The molecule has 1 aliphatic heterocycles. The Labute approximate surface area is 202 Å². The summed E-state index contributed by atoms with van der Waals surface area (Å²) in [5.41, 5.74) is -0.466. The molecule has 3 atom stereocenters. The molecule has 2 aliphatic rings. The Morgan fingerprint density at radius 3 is 2.65 bits per heavy atom. The third-order valence-electron chi connectivity index (χ3n) is 6.72. The van der Waals surface area contributed by atoms with Gasteiger partial charge in [-0.15, -0.1) is 0 Å². The van der Waals surface area contributed by atoms with Gasteiger partial charge in [0.1, 0.15) is 22.4 Å². The van der Waals surface area contributed by atoms with E-state index in [1.807, 2.05) is 6.92 Å². The zero-order valence-electron chi connectivity index (χ0n) is 20.5. The van der Waals surface area contributed by atoms with Crippen molar-refractivity contribution in [2.24, 2.45) is 5.92 Å². The van der Waals surface area contributed by atoms with Crippen LogP contribution in [0.4, 0.5) is 0 Å². The lowest BCUT2D eigenvalue weighted by Crippen LogP contribution is -2.50. The van der Waals surface area contributed by atoms with Gasteiger partial charge in [-0.05, 0) is 50.8 Å². The van der Waals surface area contributed by atoms with E-state index >= 15 is 0 Å². The number of sulfonamides is 1. The molecule has 9 heteroatoms. The molecule has 0 aromatic heterocycles. The van der Waals surface area contributed by atoms with E-state index in [1.54, 1.807) is 37.9 Å². The summed E-state index contributed by atoms with van der Waals surface area (Å²) in [5.74, 6) is 5.81. The summed E-state index contributed by atoms with van der Waals surface area (Å²) in [5, 5.41) is 20.3. The van der Waals surface area contributed by atoms with Gasteiger partial charge in [0, 0.05) is 37.5 Å². The number of aliphatic hydroxyl groups excluding tert-OH is 1. The fourth-order valence-corrected chi connectivity index (χ4v) is 6.26. The minimum absolute atomic E-state index is 0.000649. The van der Waals surface area contributed by atoms with Crippen molar-refractivity contribution in [1.82, 2.24) is 9.21 Å². The summed E-state index contributed by atoms with van der Waals surface area (Å²) in [7, 11) is -2.24. The molecule has 1 saturated carbocycles. The van der Waals surface area contributed by atoms with Crippen LogP contribution in [0.15, 0.2) is 23.1 Å². The van der Waals surface area contributed by atoms with Crippen LogP contribution in [0.1, 0.15) is 58.4 Å². The van der Waals surface area contributed by atoms with Crippen molar-refractivity contribution in [1.29, 1.82) is 0 Å². The van der Waals surface area contributed by atoms with Crippen molar-refractivity contribution >= 4 is 15.9 Å². The fourth-order valence-electron chi connectivity index (χ4n) is 4.44. The second kappa shape index (κ2) is 10.6. The summed E-state index contributed by atoms with van der Waals surface area (Å²) in [6, 6.07) is 4.05. The highest BCUT2D eigenvalue weighted by Crippen LogP contribution is 2.34. The largest absolute Gasteiger partial charge is 0.487 e. The van der Waals surface area contributed by atoms with Crippen molar-refractivity contribution in [2.75, 3.05) is 26.7 Å². The quantitative estimate of drug-likeness (QED) is 0.609. The Morgan fingerprint density at radius 2 is 2.03 bits per heavy atom. The van der Waals surface area contributed by atoms with Crippen LogP contribution in [0.25, 0.3) is 0 Å². The molecule has 1 amide bonds. The molecule has 0 bridgehead atoms. The van der Waals surface area contributed by atoms with Gasteiger partial charge in [-0.25, -0.2) is 8.42 Å². The van der Waals surface area contributed by atoms with Crippen LogP contribution in [-0.4, -0.2) is 78.2 Å². The van der Waals surface area contributed by atoms with Crippen LogP contribution in [0.2, 0.25) is 0 Å². The lowest BCUT2D eigenvalue weighted by atomic mass is 10.0. The second-order valence-electron chi connectivity index (χ2n) is 9.52. The Morgan fingerprint density at radius 1 is 1.35 bits per heavy atom. The molecular weight excluding hydrogens is 456 g/mol. The molecular formula is C25H36N2O6S. The van der Waals surface area contributed by atoms with Gasteiger partial charge in [0.05, 0.1) is 13.2 Å². The molecule has 0 unspecified atom stereocenters. The minimum atomic E-state index is -3.95. The zero-order valence-corrected chi connectivity index (χ0v) is 21.3. The van der Waals surface area contributed by atoms with Gasteiger partial charge in [0.25, 0.3) is 0 Å². The average Bonchev–Trinajstić information content (AvgIpc) is 3.25. The highest BCUT2D eigenvalue weighted by molar-refractivity contribution is 7.89. The molecule has 1 aromatic rings. The van der Waals surface area contributed by atoms with Crippen LogP contribution >= 0.6 is 0 Å². The maximum atomic E-state index is 13.5. The lowest BCUT2D eigenvalue weighted by molar-refractivity contribution is -0.131. The van der Waals surface area contributed by atoms with Crippen LogP contribution in [-0.2, 0) is 14.8 Å². The van der Waals surface area contributed by atoms with E-state index in [0.29, 0.717) is 31.4 Å². The molecule has 0 spiro atoms. The van der Waals surface area contributed by atoms with Crippen LogP contribution in [0.5, 0.6) is 5.75 Å². The van der Waals surface area contributed by atoms with Gasteiger partial charge >= 0.3 is 0 Å². The molecule has 1 fully saturated rings. The highest BCUT2D eigenvalue weighted by Gasteiger charge is 2.38. The Bertz CT molecular complexity index is 1050. The van der Waals surface area contributed by atoms with Gasteiger partial charge in [-0.1, -0.05) is 25.7 Å². The third-order valence-corrected chi connectivity index (χ3v) is 8.74. The summed E-state index contributed by atoms with van der Waals surface area (Å²) >= 11 is 0. The smallest absolute Gasteiger partial charge is 0.247 e. The van der Waals surface area contributed by atoms with Gasteiger partial charge in [0.2, 0.25) is 15.9 Å². The van der Waals surface area contributed by atoms with Crippen molar-refractivity contribution in [3.8, 4) is 17.6 Å². The van der Waals surface area contributed by atoms with Crippen molar-refractivity contribution in [2.45, 2.75) is 75.5 Å². The van der Waals surface area contributed by atoms with E-state index in [1.165, 1.54) is 10.4 Å². The molecule has 1 aliphatic carbocycles. The Kier molecular flexibility index (Phi) is 8.30. The number of aliphatic hydroxyl groups is 2. The standard InChI is InChI=1S/C25H36N2O6S/c1-5-24(29)26(4)16-22-18(2)15-27(19(3)17-28)34(31,32)23-9-8-20(14-21(23)33-22)10-13-25(30)11-6-7-12-25/h8-9,14,18-19,22,28,30H,5-7,11-12,15-17H2,1-4H3/t18-,19+,22+/m0/s1. The minimum Gasteiger partial charge on any atom is -0.487 e. The highest BCUT2D eigenvalue weighted by atomic mass is 32.2. The van der Waals surface area contributed by atoms with Gasteiger partial charge in [0.15, 0.2) is 0 Å². The van der Waals surface area contributed by atoms with Crippen LogP contribution in [0, 0.1) is 17.8 Å². The number of ether oxygens (including phenoxy) is 1. The lowest BCUT2D eigenvalue weighted by Gasteiger charge is -2.37. The molecule has 1 aromatic carbocycles. The van der Waals surface area contributed by atoms with Gasteiger partial charge in [-0.2, -0.15) is 4.31 Å². The number of hydrogen-bond donors (Lipinski definition) is 2. The van der Waals surface area contributed by atoms with E-state index in [9.17, 15) is 23.4 Å². The fraction of sp³-hybridized carbons (Fsp3) is 0.640. The molecule has 0 radical (unpaired) electrons. The molecule has 3 rings (SSSR count). The second-order valence-corrected chi connectivity index (χ2v) is 11.4. The maximum absolute atomic E-state index is 13.5. The molecule has 34 heavy (non-hydrogen) atoms. The van der Waals surface area contributed by atoms with Crippen LogP contribution in [0.3, 0.4) is 0 Å². The number of nitrogens with zero attached hydrogens (tertiary/aromatic N) is 2. The van der Waals surface area contributed by atoms with E-state index in [4.69, 9.17) is 4.74 Å². The number of carbonyl (C=O) groups is 1. The summed E-state index contributed by atoms with van der Waals surface area (Å²) in [6.07, 6.45) is 3.00. The number of benzene rings is 1. The van der Waals surface area contributed by atoms with Gasteiger partial charge in [-0.3, -0.25) is 4.79 Å². The predicted octanol–water partition coefficient (Wildman–Crippen LogP) is 1.98. The van der Waals surface area contributed by atoms with Crippen molar-refractivity contribution in [3.05, 3.63) is 23.8 Å². The number of carbonyl (C=O) groups excluding carboxylic acids is 1. The van der Waals surface area contributed by atoms with Crippen molar-refractivity contribution < 1.29 is 28.2 Å². The first-order valence-corrected chi connectivity index (χ1v) is 13.4. The SMILES string of the molecule is CCC(=O)N(C)C[C@H]1Oc2cc(C#CC3(O)CCCC3)ccc2S(=O)(=O)N([C@H](C)CO)C[C@@H]1C. The van der Waals surface area contributed by atoms with E-state index in [0.717, 1.165) is 12.8 Å². The molecule has 1 heterocycles. The third kappa shape index (κ3) is 5.74. The first-order chi connectivity index (χ1) is 16.0. The first kappa shape index (κ1) is 26.5. The predicted molar refractivity (Wildman–Crippen MR) is 129 cm³/mol. The normalized spacial score (nSPS) is 24.5. The van der Waals surface area contributed by atoms with Crippen molar-refractivity contribution in [3.63, 3.8) is 0 Å². The van der Waals surface area contributed by atoms with E-state index < -0.39 is 27.8 Å². The van der Waals surface area contributed by atoms with E-state index in [2.05, 4.69) is 11.8 Å². The topological polar surface area (TPSA) is 107 Å². The van der Waals surface area contributed by atoms with Gasteiger partial charge < -0.3 is 19.8 Å². The number of hydrogen-bond acceptors (Lipinski definition) is 6. The summed E-state index contributed by atoms with van der Waals surface area (Å²) < 4.78 is 34.6. The van der Waals surface area contributed by atoms with Crippen LogP contribution < -0.4 is 4.74 Å². The first-order valence-electron chi connectivity index (χ1n) is 11.9. The maximum Gasteiger partial charge on any atom is 0.247 e. The molecule has 0 saturated heterocycles. The Hall–Kier alpha value is -2.12. The Balaban J connectivity index is 2.05. The average molecular weight is 493 g/mol. The molecule has 8 nitrogen and oxygen atoms in total. The number of amides is 1. The van der Waals surface area contributed by atoms with E-state index in [-0.39, 0.29) is 35.6 Å². The zero-order chi connectivity index (χ0) is 25.1. The molecule has 2 N–H and O–H groups in total. The molecule has 188 valence electrons. The summed E-state index contributed by atoms with van der Waals surface area (Å²) in [6.45, 7) is 5.46. The number of likely N-dealkylation sites (N-methyl/N-ethyl adjacent to an activating group) is 1. The monoisotopic (exact) mass is 492 g/mol. The number of fused-ring (bicyclic) bond motifs is 1.